The summed E-state index contributed by atoms with van der Waals surface area (Å²) in [4.78, 5) is 17.0. The Labute approximate surface area is 183 Å². The number of sulfonamides is 1. The van der Waals surface area contributed by atoms with Gasteiger partial charge in [0.25, 0.3) is 0 Å². The maximum Gasteiger partial charge on any atom is 0.243 e. The number of nitrogens with zero attached hydrogens (tertiary/aromatic N) is 3. The van der Waals surface area contributed by atoms with Gasteiger partial charge < -0.3 is 9.88 Å². The van der Waals surface area contributed by atoms with Crippen molar-refractivity contribution in [3.63, 3.8) is 0 Å². The number of imidazole rings is 1. The normalized spacial score (nSPS) is 15.1. The molecular weight excluding hydrogens is 412 g/mol. The molecule has 1 aliphatic rings. The fourth-order valence-corrected chi connectivity index (χ4v) is 5.39. The molecule has 1 aromatic heterocycles. The molecule has 0 saturated carbocycles. The summed E-state index contributed by atoms with van der Waals surface area (Å²) in [6.45, 7) is 5.88. The number of amides is 1. The fraction of sp³-hybridized carbons (Fsp3) is 0.391. The van der Waals surface area contributed by atoms with Crippen LogP contribution in [0.3, 0.4) is 0 Å². The quantitative estimate of drug-likeness (QED) is 0.602. The Kier molecular flexibility index (Phi) is 6.11. The summed E-state index contributed by atoms with van der Waals surface area (Å²) in [6, 6.07) is 12.9. The highest BCUT2D eigenvalue weighted by atomic mass is 32.2. The Hall–Kier alpha value is -2.71. The van der Waals surface area contributed by atoms with E-state index in [1.807, 2.05) is 28.8 Å². The topological polar surface area (TPSA) is 84.3 Å². The van der Waals surface area contributed by atoms with Crippen LogP contribution in [0.1, 0.15) is 44.6 Å². The Morgan fingerprint density at radius 1 is 1.10 bits per heavy atom. The van der Waals surface area contributed by atoms with Crippen LogP contribution in [0.2, 0.25) is 0 Å². The second kappa shape index (κ2) is 8.80. The van der Waals surface area contributed by atoms with Gasteiger partial charge in [-0.25, -0.2) is 13.4 Å². The summed E-state index contributed by atoms with van der Waals surface area (Å²) in [5.41, 5.74) is 3.44. The molecule has 0 spiro atoms. The molecule has 7 nitrogen and oxygen atoms in total. The number of carbonyl (C=O) groups excluding carboxylic acids is 1. The van der Waals surface area contributed by atoms with Crippen molar-refractivity contribution in [2.24, 2.45) is 0 Å². The van der Waals surface area contributed by atoms with Crippen LogP contribution in [0.4, 0.5) is 5.69 Å². The Morgan fingerprint density at radius 3 is 2.48 bits per heavy atom. The molecule has 1 saturated heterocycles. The second-order valence-corrected chi connectivity index (χ2v) is 10.2. The number of aromatic nitrogens is 2. The van der Waals surface area contributed by atoms with E-state index in [-0.39, 0.29) is 10.8 Å². The molecule has 0 unspecified atom stereocenters. The van der Waals surface area contributed by atoms with Crippen molar-refractivity contribution in [1.29, 1.82) is 0 Å². The van der Waals surface area contributed by atoms with Crippen molar-refractivity contribution < 1.29 is 13.2 Å². The van der Waals surface area contributed by atoms with E-state index in [1.165, 1.54) is 9.87 Å². The predicted octanol–water partition coefficient (Wildman–Crippen LogP) is 3.97. The smallest absolute Gasteiger partial charge is 0.243 e. The number of aryl methyl sites for hydroxylation is 1. The van der Waals surface area contributed by atoms with Gasteiger partial charge in [-0.15, -0.1) is 0 Å². The fourth-order valence-electron chi connectivity index (χ4n) is 3.86. The molecule has 1 N–H and O–H groups in total. The lowest BCUT2D eigenvalue weighted by Crippen LogP contribution is -2.27. The lowest BCUT2D eigenvalue weighted by molar-refractivity contribution is -0.116. The average molecular weight is 441 g/mol. The van der Waals surface area contributed by atoms with E-state index < -0.39 is 10.0 Å². The van der Waals surface area contributed by atoms with Gasteiger partial charge in [0.1, 0.15) is 0 Å². The molecule has 0 bridgehead atoms. The molecular formula is C23H28N4O3S. The number of benzene rings is 2. The first-order valence-electron chi connectivity index (χ1n) is 10.7. The van der Waals surface area contributed by atoms with Crippen molar-refractivity contribution in [3.05, 3.63) is 54.4 Å². The van der Waals surface area contributed by atoms with Gasteiger partial charge in [-0.3, -0.25) is 4.79 Å². The lowest BCUT2D eigenvalue weighted by Gasteiger charge is -2.15. The zero-order valence-electron chi connectivity index (χ0n) is 17.9. The third-order valence-corrected chi connectivity index (χ3v) is 7.63. The molecule has 8 heteroatoms. The van der Waals surface area contributed by atoms with Crippen molar-refractivity contribution >= 4 is 32.7 Å². The summed E-state index contributed by atoms with van der Waals surface area (Å²) in [5, 5.41) is 2.92. The number of carbonyl (C=O) groups is 1. The SMILES string of the molecule is CC(C)c1ccc(NC(=O)CCn2cnc3cc(S(=O)(=O)N4CCCC4)ccc32)cc1. The number of rotatable bonds is 7. The van der Waals surface area contributed by atoms with E-state index in [0.717, 1.165) is 24.0 Å². The van der Waals surface area contributed by atoms with E-state index in [9.17, 15) is 13.2 Å². The van der Waals surface area contributed by atoms with Crippen LogP contribution in [0.15, 0.2) is 53.7 Å². The van der Waals surface area contributed by atoms with Gasteiger partial charge in [0.15, 0.2) is 0 Å². The van der Waals surface area contributed by atoms with Crippen molar-refractivity contribution in [2.45, 2.75) is 50.5 Å². The summed E-state index contributed by atoms with van der Waals surface area (Å²) in [7, 11) is -3.47. The van der Waals surface area contributed by atoms with E-state index in [2.05, 4.69) is 24.1 Å². The van der Waals surface area contributed by atoms with Crippen LogP contribution < -0.4 is 5.32 Å². The molecule has 31 heavy (non-hydrogen) atoms. The monoisotopic (exact) mass is 440 g/mol. The zero-order chi connectivity index (χ0) is 22.0. The standard InChI is InChI=1S/C23H28N4O3S/c1-17(2)18-5-7-19(8-6-18)25-23(28)11-14-26-16-24-21-15-20(9-10-22(21)26)31(29,30)27-12-3-4-13-27/h5-10,15-17H,3-4,11-14H2,1-2H3,(H,25,28). The van der Waals surface area contributed by atoms with E-state index >= 15 is 0 Å². The molecule has 1 aliphatic heterocycles. The summed E-state index contributed by atoms with van der Waals surface area (Å²) in [5.74, 6) is 0.373. The second-order valence-electron chi connectivity index (χ2n) is 8.27. The van der Waals surface area contributed by atoms with Crippen LogP contribution in [-0.4, -0.2) is 41.3 Å². The zero-order valence-corrected chi connectivity index (χ0v) is 18.7. The molecule has 0 atom stereocenters. The molecule has 4 rings (SSSR count). The van der Waals surface area contributed by atoms with Gasteiger partial charge in [0.05, 0.1) is 22.3 Å². The van der Waals surface area contributed by atoms with Gasteiger partial charge in [-0.2, -0.15) is 4.31 Å². The first kappa shape index (κ1) is 21.5. The minimum Gasteiger partial charge on any atom is -0.330 e. The van der Waals surface area contributed by atoms with Crippen LogP contribution >= 0.6 is 0 Å². The number of hydrogen-bond donors (Lipinski definition) is 1. The van der Waals surface area contributed by atoms with Crippen molar-refractivity contribution in [3.8, 4) is 0 Å². The van der Waals surface area contributed by atoms with Gasteiger partial charge >= 0.3 is 0 Å². The van der Waals surface area contributed by atoms with Gasteiger partial charge in [-0.05, 0) is 54.7 Å². The number of fused-ring (bicyclic) bond motifs is 1. The molecule has 0 radical (unpaired) electrons. The Morgan fingerprint density at radius 2 is 1.81 bits per heavy atom. The summed E-state index contributed by atoms with van der Waals surface area (Å²) >= 11 is 0. The Balaban J connectivity index is 1.41. The van der Waals surface area contributed by atoms with Crippen LogP contribution in [0.5, 0.6) is 0 Å². The average Bonchev–Trinajstić information content (AvgIpc) is 3.43. The van der Waals surface area contributed by atoms with Gasteiger partial charge in [0, 0.05) is 31.7 Å². The van der Waals surface area contributed by atoms with Crippen LogP contribution in [0.25, 0.3) is 11.0 Å². The maximum atomic E-state index is 12.8. The molecule has 2 heterocycles. The summed E-state index contributed by atoms with van der Waals surface area (Å²) in [6.07, 6.45) is 3.76. The van der Waals surface area contributed by atoms with E-state index in [1.54, 1.807) is 24.5 Å². The minimum atomic E-state index is -3.47. The minimum absolute atomic E-state index is 0.0765. The third-order valence-electron chi connectivity index (χ3n) is 5.74. The third kappa shape index (κ3) is 4.65. The molecule has 0 aliphatic carbocycles. The number of nitrogens with one attached hydrogen (secondary N) is 1. The first-order chi connectivity index (χ1) is 14.8. The van der Waals surface area contributed by atoms with Crippen molar-refractivity contribution in [1.82, 2.24) is 13.9 Å². The van der Waals surface area contributed by atoms with Crippen LogP contribution in [-0.2, 0) is 21.4 Å². The van der Waals surface area contributed by atoms with E-state index in [0.29, 0.717) is 37.5 Å². The maximum absolute atomic E-state index is 12.8. The van der Waals surface area contributed by atoms with Gasteiger partial charge in [-0.1, -0.05) is 26.0 Å². The number of hydrogen-bond acceptors (Lipinski definition) is 4. The summed E-state index contributed by atoms with van der Waals surface area (Å²) < 4.78 is 28.9. The molecule has 1 amide bonds. The highest BCUT2D eigenvalue weighted by Gasteiger charge is 2.27. The first-order valence-corrected chi connectivity index (χ1v) is 12.1. The number of anilines is 1. The van der Waals surface area contributed by atoms with Crippen molar-refractivity contribution in [2.75, 3.05) is 18.4 Å². The Bertz CT molecular complexity index is 1180. The van der Waals surface area contributed by atoms with E-state index in [4.69, 9.17) is 0 Å². The lowest BCUT2D eigenvalue weighted by atomic mass is 10.0. The van der Waals surface area contributed by atoms with Gasteiger partial charge in [0.2, 0.25) is 15.9 Å². The molecule has 1 fully saturated rings. The molecule has 164 valence electrons. The predicted molar refractivity (Wildman–Crippen MR) is 122 cm³/mol. The molecule has 3 aromatic rings. The largest absolute Gasteiger partial charge is 0.330 e. The van der Waals surface area contributed by atoms with Crippen LogP contribution in [0, 0.1) is 0 Å². The molecule has 2 aromatic carbocycles. The highest BCUT2D eigenvalue weighted by molar-refractivity contribution is 7.89. The highest BCUT2D eigenvalue weighted by Crippen LogP contribution is 2.24.